The molecule has 0 atom stereocenters. The Labute approximate surface area is 115 Å². The van der Waals surface area contributed by atoms with Crippen molar-refractivity contribution in [1.29, 1.82) is 0 Å². The van der Waals surface area contributed by atoms with Crippen molar-refractivity contribution in [3.63, 3.8) is 0 Å². The monoisotopic (exact) mass is 274 g/mol. The van der Waals surface area contributed by atoms with Crippen LogP contribution in [0.25, 0.3) is 0 Å². The highest BCUT2D eigenvalue weighted by atomic mass is 16.4. The first-order valence-corrected chi connectivity index (χ1v) is 6.09. The minimum absolute atomic E-state index is 0.0466. The Morgan fingerprint density at radius 1 is 1.25 bits per heavy atom. The number of nitrogens with one attached hydrogen (secondary N) is 1. The molecule has 1 aromatic heterocycles. The van der Waals surface area contributed by atoms with Gasteiger partial charge in [-0.1, -0.05) is 35.5 Å². The summed E-state index contributed by atoms with van der Waals surface area (Å²) < 4.78 is 1.20. The van der Waals surface area contributed by atoms with E-state index in [4.69, 9.17) is 5.11 Å². The van der Waals surface area contributed by atoms with Gasteiger partial charge >= 0.3 is 5.97 Å². The SMILES string of the molecule is O=C(Cn1cc(C(=O)O)nn1)NCCc1ccccc1. The molecule has 0 radical (unpaired) electrons. The summed E-state index contributed by atoms with van der Waals surface area (Å²) in [6, 6.07) is 9.80. The molecule has 1 amide bonds. The first-order chi connectivity index (χ1) is 9.65. The highest BCUT2D eigenvalue weighted by Gasteiger charge is 2.10. The van der Waals surface area contributed by atoms with E-state index in [9.17, 15) is 9.59 Å². The van der Waals surface area contributed by atoms with Crippen LogP contribution in [0.5, 0.6) is 0 Å². The number of nitrogens with zero attached hydrogens (tertiary/aromatic N) is 3. The third-order valence-corrected chi connectivity index (χ3v) is 2.64. The molecule has 7 heteroatoms. The smallest absolute Gasteiger partial charge is 0.358 e. The van der Waals surface area contributed by atoms with Crippen LogP contribution in [0.1, 0.15) is 16.1 Å². The number of rotatable bonds is 6. The average molecular weight is 274 g/mol. The van der Waals surface area contributed by atoms with Crippen LogP contribution in [-0.4, -0.2) is 38.5 Å². The van der Waals surface area contributed by atoms with Crippen molar-refractivity contribution < 1.29 is 14.7 Å². The molecule has 2 aromatic rings. The van der Waals surface area contributed by atoms with Gasteiger partial charge in [-0.05, 0) is 12.0 Å². The van der Waals surface area contributed by atoms with Crippen LogP contribution < -0.4 is 5.32 Å². The number of benzene rings is 1. The van der Waals surface area contributed by atoms with Crippen molar-refractivity contribution in [2.24, 2.45) is 0 Å². The summed E-state index contributed by atoms with van der Waals surface area (Å²) in [6.45, 7) is 0.471. The van der Waals surface area contributed by atoms with Gasteiger partial charge in [-0.3, -0.25) is 4.79 Å². The first-order valence-electron chi connectivity index (χ1n) is 6.09. The summed E-state index contributed by atoms with van der Waals surface area (Å²) >= 11 is 0. The van der Waals surface area contributed by atoms with Crippen LogP contribution in [0.3, 0.4) is 0 Å². The zero-order chi connectivity index (χ0) is 14.4. The van der Waals surface area contributed by atoms with E-state index in [1.807, 2.05) is 30.3 Å². The number of amides is 1. The van der Waals surface area contributed by atoms with E-state index in [1.54, 1.807) is 0 Å². The lowest BCUT2D eigenvalue weighted by atomic mass is 10.1. The van der Waals surface area contributed by atoms with E-state index >= 15 is 0 Å². The van der Waals surface area contributed by atoms with Crippen LogP contribution in [0, 0.1) is 0 Å². The Hall–Kier alpha value is -2.70. The fourth-order valence-corrected chi connectivity index (χ4v) is 1.67. The highest BCUT2D eigenvalue weighted by Crippen LogP contribution is 1.98. The molecule has 0 aliphatic heterocycles. The van der Waals surface area contributed by atoms with Crippen molar-refractivity contribution in [2.45, 2.75) is 13.0 Å². The maximum atomic E-state index is 11.6. The Morgan fingerprint density at radius 2 is 2.00 bits per heavy atom. The predicted molar refractivity (Wildman–Crippen MR) is 70.1 cm³/mol. The lowest BCUT2D eigenvalue weighted by Crippen LogP contribution is -2.29. The Bertz CT molecular complexity index is 595. The lowest BCUT2D eigenvalue weighted by molar-refractivity contribution is -0.121. The van der Waals surface area contributed by atoms with E-state index in [0.717, 1.165) is 12.0 Å². The van der Waals surface area contributed by atoms with E-state index in [1.165, 1.54) is 10.9 Å². The van der Waals surface area contributed by atoms with Crippen LogP contribution in [-0.2, 0) is 17.8 Å². The second-order valence-electron chi connectivity index (χ2n) is 4.19. The third-order valence-electron chi connectivity index (χ3n) is 2.64. The molecule has 1 aromatic carbocycles. The summed E-state index contributed by atoms with van der Waals surface area (Å²) in [4.78, 5) is 22.2. The van der Waals surface area contributed by atoms with Gasteiger partial charge in [0.15, 0.2) is 5.69 Å². The van der Waals surface area contributed by atoms with Gasteiger partial charge in [-0.25, -0.2) is 9.48 Å². The van der Waals surface area contributed by atoms with Gasteiger partial charge in [0, 0.05) is 6.54 Å². The summed E-state index contributed by atoms with van der Waals surface area (Å²) in [5, 5.41) is 18.4. The largest absolute Gasteiger partial charge is 0.476 e. The molecule has 0 aliphatic rings. The fraction of sp³-hybridized carbons (Fsp3) is 0.231. The van der Waals surface area contributed by atoms with Gasteiger partial charge in [0.2, 0.25) is 5.91 Å². The maximum absolute atomic E-state index is 11.6. The molecule has 0 bridgehead atoms. The number of aromatic nitrogens is 3. The molecule has 20 heavy (non-hydrogen) atoms. The zero-order valence-electron chi connectivity index (χ0n) is 10.7. The van der Waals surface area contributed by atoms with Crippen LogP contribution in [0.2, 0.25) is 0 Å². The van der Waals surface area contributed by atoms with Crippen LogP contribution in [0.4, 0.5) is 0 Å². The lowest BCUT2D eigenvalue weighted by Gasteiger charge is -2.04. The van der Waals surface area contributed by atoms with Gasteiger partial charge in [0.1, 0.15) is 6.54 Å². The second kappa shape index (κ2) is 6.46. The van der Waals surface area contributed by atoms with Crippen molar-refractivity contribution in [1.82, 2.24) is 20.3 Å². The molecule has 0 spiro atoms. The molecule has 2 rings (SSSR count). The van der Waals surface area contributed by atoms with Crippen LogP contribution >= 0.6 is 0 Å². The molecule has 7 nitrogen and oxygen atoms in total. The topological polar surface area (TPSA) is 97.1 Å². The fourth-order valence-electron chi connectivity index (χ4n) is 1.67. The number of aromatic carboxylic acids is 1. The molecule has 1 heterocycles. The minimum atomic E-state index is -1.17. The maximum Gasteiger partial charge on any atom is 0.358 e. The Balaban J connectivity index is 1.76. The van der Waals surface area contributed by atoms with E-state index in [-0.39, 0.29) is 18.1 Å². The minimum Gasteiger partial charge on any atom is -0.476 e. The quantitative estimate of drug-likeness (QED) is 0.791. The van der Waals surface area contributed by atoms with Crippen LogP contribution in [0.15, 0.2) is 36.5 Å². The number of carbonyl (C=O) groups excluding carboxylic acids is 1. The molecular formula is C13H14N4O3. The Kier molecular flexibility index (Phi) is 4.43. The molecule has 0 saturated heterocycles. The standard InChI is InChI=1S/C13H14N4O3/c18-12(9-17-8-11(13(19)20)15-16-17)14-7-6-10-4-2-1-3-5-10/h1-5,8H,6-7,9H2,(H,14,18)(H,19,20). The Morgan fingerprint density at radius 3 is 2.65 bits per heavy atom. The van der Waals surface area contributed by atoms with Gasteiger partial charge in [0.25, 0.3) is 0 Å². The van der Waals surface area contributed by atoms with Crippen molar-refractivity contribution >= 4 is 11.9 Å². The van der Waals surface area contributed by atoms with E-state index < -0.39 is 5.97 Å². The number of hydrogen-bond acceptors (Lipinski definition) is 4. The first kappa shape index (κ1) is 13.7. The van der Waals surface area contributed by atoms with Gasteiger partial charge < -0.3 is 10.4 Å². The molecule has 0 unspecified atom stereocenters. The number of carboxylic acids is 1. The van der Waals surface area contributed by atoms with E-state index in [2.05, 4.69) is 15.6 Å². The van der Waals surface area contributed by atoms with E-state index in [0.29, 0.717) is 6.54 Å². The normalized spacial score (nSPS) is 10.2. The molecule has 0 fully saturated rings. The summed E-state index contributed by atoms with van der Waals surface area (Å²) in [5.41, 5.74) is 0.962. The number of carboxylic acid groups (broad SMARTS) is 1. The third kappa shape index (κ3) is 3.91. The summed E-state index contributed by atoms with van der Waals surface area (Å²) in [6.07, 6.45) is 1.96. The average Bonchev–Trinajstić information content (AvgIpc) is 2.88. The number of carbonyl (C=O) groups is 2. The van der Waals surface area contributed by atoms with Gasteiger partial charge in [0.05, 0.1) is 6.20 Å². The summed E-state index contributed by atoms with van der Waals surface area (Å²) in [5.74, 6) is -1.40. The zero-order valence-corrected chi connectivity index (χ0v) is 10.7. The molecule has 2 N–H and O–H groups in total. The number of hydrogen-bond donors (Lipinski definition) is 2. The van der Waals surface area contributed by atoms with Crippen molar-refractivity contribution in [3.8, 4) is 0 Å². The van der Waals surface area contributed by atoms with Gasteiger partial charge in [-0.15, -0.1) is 5.10 Å². The molecule has 0 saturated carbocycles. The second-order valence-corrected chi connectivity index (χ2v) is 4.19. The summed E-state index contributed by atoms with van der Waals surface area (Å²) in [7, 11) is 0. The van der Waals surface area contributed by atoms with Crippen molar-refractivity contribution in [2.75, 3.05) is 6.54 Å². The predicted octanol–water partition coefficient (Wildman–Crippen LogP) is 0.335. The highest BCUT2D eigenvalue weighted by molar-refractivity contribution is 5.84. The van der Waals surface area contributed by atoms with Gasteiger partial charge in [-0.2, -0.15) is 0 Å². The molecular weight excluding hydrogens is 260 g/mol. The molecule has 104 valence electrons. The van der Waals surface area contributed by atoms with Crippen molar-refractivity contribution in [3.05, 3.63) is 47.8 Å². The molecule has 0 aliphatic carbocycles.